The van der Waals surface area contributed by atoms with Gasteiger partial charge in [-0.2, -0.15) is 0 Å². The average Bonchev–Trinajstić information content (AvgIpc) is 3.07. The lowest BCUT2D eigenvalue weighted by atomic mass is 10.0. The Hall–Kier alpha value is -1.84. The standard InChI is InChI=1S/C14H17NO3/c1-2-9-7-12(9)15-14(18)11-6-4-3-5-10(11)8-13(16)17/h3-6,9,12H,2,7-8H2,1H3,(H,15,18)(H,16,17). The molecular formula is C14H17NO3. The van der Waals surface area contributed by atoms with Crippen LogP contribution in [0.1, 0.15) is 35.7 Å². The van der Waals surface area contributed by atoms with Gasteiger partial charge in [0, 0.05) is 11.6 Å². The lowest BCUT2D eigenvalue weighted by Crippen LogP contribution is -2.28. The number of aliphatic carboxylic acids is 1. The van der Waals surface area contributed by atoms with Gasteiger partial charge in [0.1, 0.15) is 0 Å². The first-order valence-corrected chi connectivity index (χ1v) is 6.22. The number of nitrogens with one attached hydrogen (secondary N) is 1. The molecule has 18 heavy (non-hydrogen) atoms. The number of hydrogen-bond acceptors (Lipinski definition) is 2. The van der Waals surface area contributed by atoms with Crippen molar-refractivity contribution in [2.45, 2.75) is 32.2 Å². The monoisotopic (exact) mass is 247 g/mol. The summed E-state index contributed by atoms with van der Waals surface area (Å²) in [6.07, 6.45) is 1.98. The normalized spacial score (nSPS) is 21.4. The number of carboxylic acids is 1. The molecule has 2 N–H and O–H groups in total. The summed E-state index contributed by atoms with van der Waals surface area (Å²) in [5.74, 6) is -0.499. The van der Waals surface area contributed by atoms with Gasteiger partial charge in [-0.1, -0.05) is 31.5 Å². The van der Waals surface area contributed by atoms with Crippen molar-refractivity contribution in [1.82, 2.24) is 5.32 Å². The van der Waals surface area contributed by atoms with Gasteiger partial charge >= 0.3 is 5.97 Å². The molecule has 2 atom stereocenters. The zero-order valence-corrected chi connectivity index (χ0v) is 10.3. The highest BCUT2D eigenvalue weighted by Crippen LogP contribution is 2.33. The third-order valence-electron chi connectivity index (χ3n) is 3.37. The minimum Gasteiger partial charge on any atom is -0.481 e. The summed E-state index contributed by atoms with van der Waals surface area (Å²) in [6, 6.07) is 7.13. The fourth-order valence-corrected chi connectivity index (χ4v) is 2.18. The highest BCUT2D eigenvalue weighted by atomic mass is 16.4. The van der Waals surface area contributed by atoms with E-state index in [2.05, 4.69) is 12.2 Å². The molecule has 1 aliphatic rings. The van der Waals surface area contributed by atoms with E-state index >= 15 is 0 Å². The summed E-state index contributed by atoms with van der Waals surface area (Å²) in [5.41, 5.74) is 1.04. The fraction of sp³-hybridized carbons (Fsp3) is 0.429. The molecule has 96 valence electrons. The van der Waals surface area contributed by atoms with Crippen LogP contribution in [-0.2, 0) is 11.2 Å². The van der Waals surface area contributed by atoms with E-state index in [1.54, 1.807) is 24.3 Å². The van der Waals surface area contributed by atoms with Crippen molar-refractivity contribution in [2.24, 2.45) is 5.92 Å². The van der Waals surface area contributed by atoms with E-state index in [9.17, 15) is 9.59 Å². The third-order valence-corrected chi connectivity index (χ3v) is 3.37. The van der Waals surface area contributed by atoms with Crippen LogP contribution in [0.15, 0.2) is 24.3 Å². The molecular weight excluding hydrogens is 230 g/mol. The summed E-state index contributed by atoms with van der Waals surface area (Å²) >= 11 is 0. The minimum atomic E-state index is -0.923. The summed E-state index contributed by atoms with van der Waals surface area (Å²) in [7, 11) is 0. The molecule has 2 unspecified atom stereocenters. The molecule has 0 spiro atoms. The van der Waals surface area contributed by atoms with Gasteiger partial charge in [-0.15, -0.1) is 0 Å². The van der Waals surface area contributed by atoms with Crippen molar-refractivity contribution in [3.63, 3.8) is 0 Å². The Bertz CT molecular complexity index is 470. The maximum Gasteiger partial charge on any atom is 0.307 e. The van der Waals surface area contributed by atoms with E-state index in [1.807, 2.05) is 0 Å². The molecule has 0 radical (unpaired) electrons. The molecule has 4 nitrogen and oxygen atoms in total. The maximum atomic E-state index is 12.1. The van der Waals surface area contributed by atoms with Crippen LogP contribution in [0.5, 0.6) is 0 Å². The Balaban J connectivity index is 2.07. The van der Waals surface area contributed by atoms with Crippen LogP contribution >= 0.6 is 0 Å². The van der Waals surface area contributed by atoms with E-state index in [1.165, 1.54) is 0 Å². The van der Waals surface area contributed by atoms with Gasteiger partial charge in [-0.3, -0.25) is 9.59 Å². The topological polar surface area (TPSA) is 66.4 Å². The molecule has 1 amide bonds. The van der Waals surface area contributed by atoms with Crippen LogP contribution in [0, 0.1) is 5.92 Å². The van der Waals surface area contributed by atoms with Crippen LogP contribution in [0.2, 0.25) is 0 Å². The number of amides is 1. The van der Waals surface area contributed by atoms with Gasteiger partial charge in [0.2, 0.25) is 0 Å². The first-order valence-electron chi connectivity index (χ1n) is 6.22. The van der Waals surface area contributed by atoms with Crippen molar-refractivity contribution in [1.29, 1.82) is 0 Å². The number of carbonyl (C=O) groups is 2. The van der Waals surface area contributed by atoms with Crippen LogP contribution in [0.3, 0.4) is 0 Å². The van der Waals surface area contributed by atoms with Gasteiger partial charge in [-0.05, 0) is 24.0 Å². The van der Waals surface area contributed by atoms with Gasteiger partial charge < -0.3 is 10.4 Å². The first-order chi connectivity index (χ1) is 8.61. The number of benzene rings is 1. The van der Waals surface area contributed by atoms with Crippen molar-refractivity contribution in [3.8, 4) is 0 Å². The molecule has 0 saturated heterocycles. The second kappa shape index (κ2) is 5.21. The van der Waals surface area contributed by atoms with E-state index < -0.39 is 5.97 Å². The zero-order chi connectivity index (χ0) is 13.1. The van der Waals surface area contributed by atoms with E-state index in [4.69, 9.17) is 5.11 Å². The van der Waals surface area contributed by atoms with Gasteiger partial charge in [0.25, 0.3) is 5.91 Å². The van der Waals surface area contributed by atoms with Crippen molar-refractivity contribution in [3.05, 3.63) is 35.4 Å². The molecule has 1 fully saturated rings. The van der Waals surface area contributed by atoms with Crippen molar-refractivity contribution < 1.29 is 14.7 Å². The lowest BCUT2D eigenvalue weighted by Gasteiger charge is -2.08. The Morgan fingerprint density at radius 3 is 2.72 bits per heavy atom. The summed E-state index contributed by atoms with van der Waals surface area (Å²) < 4.78 is 0. The Morgan fingerprint density at radius 1 is 1.39 bits per heavy atom. The molecule has 1 aromatic carbocycles. The molecule has 1 aliphatic carbocycles. The Kier molecular flexibility index (Phi) is 3.65. The van der Waals surface area contributed by atoms with E-state index in [0.29, 0.717) is 17.0 Å². The van der Waals surface area contributed by atoms with Crippen LogP contribution < -0.4 is 5.32 Å². The molecule has 0 heterocycles. The Morgan fingerprint density at radius 2 is 2.11 bits per heavy atom. The Labute approximate surface area is 106 Å². The third kappa shape index (κ3) is 2.88. The zero-order valence-electron chi connectivity index (χ0n) is 10.3. The first kappa shape index (κ1) is 12.6. The summed E-state index contributed by atoms with van der Waals surface area (Å²) in [4.78, 5) is 22.8. The highest BCUT2D eigenvalue weighted by molar-refractivity contribution is 5.97. The van der Waals surface area contributed by atoms with Gasteiger partial charge in [0.05, 0.1) is 6.42 Å². The second-order valence-electron chi connectivity index (χ2n) is 4.71. The van der Waals surface area contributed by atoms with E-state index in [0.717, 1.165) is 12.8 Å². The molecule has 0 bridgehead atoms. The molecule has 1 saturated carbocycles. The quantitative estimate of drug-likeness (QED) is 0.834. The largest absolute Gasteiger partial charge is 0.481 e. The molecule has 0 aromatic heterocycles. The van der Waals surface area contributed by atoms with E-state index in [-0.39, 0.29) is 18.4 Å². The maximum absolute atomic E-state index is 12.1. The van der Waals surface area contributed by atoms with Crippen molar-refractivity contribution in [2.75, 3.05) is 0 Å². The number of hydrogen-bond donors (Lipinski definition) is 2. The molecule has 2 rings (SSSR count). The van der Waals surface area contributed by atoms with Crippen LogP contribution in [0.4, 0.5) is 0 Å². The smallest absolute Gasteiger partial charge is 0.307 e. The molecule has 1 aromatic rings. The summed E-state index contributed by atoms with van der Waals surface area (Å²) in [5, 5.41) is 11.8. The minimum absolute atomic E-state index is 0.120. The second-order valence-corrected chi connectivity index (χ2v) is 4.71. The van der Waals surface area contributed by atoms with Crippen LogP contribution in [0.25, 0.3) is 0 Å². The van der Waals surface area contributed by atoms with Gasteiger partial charge in [-0.25, -0.2) is 0 Å². The SMILES string of the molecule is CCC1CC1NC(=O)c1ccccc1CC(=O)O. The number of carbonyl (C=O) groups excluding carboxylic acids is 1. The lowest BCUT2D eigenvalue weighted by molar-refractivity contribution is -0.136. The van der Waals surface area contributed by atoms with Crippen LogP contribution in [-0.4, -0.2) is 23.0 Å². The predicted octanol–water partition coefficient (Wildman–Crippen LogP) is 1.84. The van der Waals surface area contributed by atoms with Crippen molar-refractivity contribution >= 4 is 11.9 Å². The number of rotatable bonds is 5. The average molecular weight is 247 g/mol. The molecule has 0 aliphatic heterocycles. The highest BCUT2D eigenvalue weighted by Gasteiger charge is 2.36. The predicted molar refractivity (Wildman–Crippen MR) is 67.4 cm³/mol. The summed E-state index contributed by atoms with van der Waals surface area (Å²) in [6.45, 7) is 2.11. The fourth-order valence-electron chi connectivity index (χ4n) is 2.18. The van der Waals surface area contributed by atoms with Gasteiger partial charge in [0.15, 0.2) is 0 Å². The number of carboxylic acid groups (broad SMARTS) is 1. The molecule has 4 heteroatoms.